The van der Waals surface area contributed by atoms with Crippen LogP contribution in [0.5, 0.6) is 5.75 Å². The van der Waals surface area contributed by atoms with E-state index in [0.29, 0.717) is 5.56 Å². The topological polar surface area (TPSA) is 46.3 Å². The molecule has 16 heavy (non-hydrogen) atoms. The summed E-state index contributed by atoms with van der Waals surface area (Å²) in [7, 11) is 0. The molecule has 0 radical (unpaired) electrons. The number of halogens is 3. The molecule has 6 heteroatoms. The lowest BCUT2D eigenvalue weighted by Crippen LogP contribution is -2.03. The van der Waals surface area contributed by atoms with Crippen molar-refractivity contribution in [3.05, 3.63) is 36.1 Å². The zero-order chi connectivity index (χ0) is 11.8. The van der Waals surface area contributed by atoms with Crippen LogP contribution < -0.4 is 0 Å². The molecule has 2 aromatic rings. The molecule has 0 atom stereocenters. The minimum atomic E-state index is -4.37. The van der Waals surface area contributed by atoms with Crippen molar-refractivity contribution in [2.75, 3.05) is 0 Å². The third-order valence-electron chi connectivity index (χ3n) is 2.04. The average Bonchev–Trinajstić information content (AvgIpc) is 2.63. The monoisotopic (exact) mass is 229 g/mol. The highest BCUT2D eigenvalue weighted by Gasteiger charge is 2.30. The van der Waals surface area contributed by atoms with Gasteiger partial charge in [0.1, 0.15) is 0 Å². The van der Waals surface area contributed by atoms with Crippen LogP contribution in [0.15, 0.2) is 35.1 Å². The number of aromatic nitrogens is 1. The molecular weight excluding hydrogens is 223 g/mol. The Balaban J connectivity index is 2.37. The summed E-state index contributed by atoms with van der Waals surface area (Å²) in [5.74, 6) is -0.209. The van der Waals surface area contributed by atoms with Gasteiger partial charge in [0.2, 0.25) is 0 Å². The van der Waals surface area contributed by atoms with Gasteiger partial charge < -0.3 is 9.63 Å². The first-order chi connectivity index (χ1) is 7.48. The van der Waals surface area contributed by atoms with E-state index >= 15 is 0 Å². The van der Waals surface area contributed by atoms with Crippen LogP contribution in [0.1, 0.15) is 5.56 Å². The zero-order valence-electron chi connectivity index (χ0n) is 7.82. The van der Waals surface area contributed by atoms with E-state index in [-0.39, 0.29) is 11.4 Å². The van der Waals surface area contributed by atoms with E-state index in [9.17, 15) is 18.3 Å². The van der Waals surface area contributed by atoms with Crippen molar-refractivity contribution in [2.24, 2.45) is 0 Å². The second kappa shape index (κ2) is 3.55. The number of benzene rings is 1. The summed E-state index contributed by atoms with van der Waals surface area (Å²) in [6.45, 7) is 0. The number of rotatable bonds is 1. The lowest BCUT2D eigenvalue weighted by atomic mass is 10.1. The molecule has 0 spiro atoms. The van der Waals surface area contributed by atoms with Crippen LogP contribution in [0.3, 0.4) is 0 Å². The van der Waals surface area contributed by atoms with E-state index in [2.05, 4.69) is 9.68 Å². The Hall–Kier alpha value is -1.98. The van der Waals surface area contributed by atoms with Crippen molar-refractivity contribution in [2.45, 2.75) is 6.18 Å². The standard InChI is InChI=1S/C10H6F3NO2/c11-10(12,13)7-3-1-6(2-4-7)9-8(15)5-16-14-9/h1-5,15H. The van der Waals surface area contributed by atoms with Gasteiger partial charge in [0, 0.05) is 5.56 Å². The molecule has 1 heterocycles. The fourth-order valence-electron chi connectivity index (χ4n) is 1.25. The maximum atomic E-state index is 12.3. The van der Waals surface area contributed by atoms with E-state index in [0.717, 1.165) is 18.4 Å². The predicted molar refractivity (Wildman–Crippen MR) is 48.6 cm³/mol. The molecule has 2 rings (SSSR count). The molecule has 1 aromatic heterocycles. The fraction of sp³-hybridized carbons (Fsp3) is 0.100. The number of hydrogen-bond donors (Lipinski definition) is 1. The van der Waals surface area contributed by atoms with E-state index in [1.54, 1.807) is 0 Å². The molecule has 3 nitrogen and oxygen atoms in total. The maximum absolute atomic E-state index is 12.3. The quantitative estimate of drug-likeness (QED) is 0.817. The van der Waals surface area contributed by atoms with Crippen LogP contribution in [0.25, 0.3) is 11.3 Å². The first kappa shape index (κ1) is 10.5. The molecule has 0 aliphatic carbocycles. The number of nitrogens with zero attached hydrogens (tertiary/aromatic N) is 1. The molecule has 0 saturated heterocycles. The highest BCUT2D eigenvalue weighted by molar-refractivity contribution is 5.64. The summed E-state index contributed by atoms with van der Waals surface area (Å²) in [6.07, 6.45) is -3.36. The second-order valence-corrected chi connectivity index (χ2v) is 3.12. The van der Waals surface area contributed by atoms with Crippen LogP contribution in [0.2, 0.25) is 0 Å². The Labute approximate surface area is 88.1 Å². The molecule has 0 bridgehead atoms. The SMILES string of the molecule is Oc1conc1-c1ccc(C(F)(F)F)cc1. The van der Waals surface area contributed by atoms with Crippen molar-refractivity contribution >= 4 is 0 Å². The molecule has 1 aromatic carbocycles. The normalized spacial score (nSPS) is 11.7. The van der Waals surface area contributed by atoms with Gasteiger partial charge in [-0.2, -0.15) is 13.2 Å². The van der Waals surface area contributed by atoms with Gasteiger partial charge in [-0.3, -0.25) is 0 Å². The van der Waals surface area contributed by atoms with Crippen LogP contribution in [0, 0.1) is 0 Å². The molecule has 0 aliphatic heterocycles. The Morgan fingerprint density at radius 1 is 1.12 bits per heavy atom. The molecule has 0 unspecified atom stereocenters. The van der Waals surface area contributed by atoms with Gasteiger partial charge in [-0.05, 0) is 12.1 Å². The highest BCUT2D eigenvalue weighted by Crippen LogP contribution is 2.32. The lowest BCUT2D eigenvalue weighted by Gasteiger charge is -2.06. The summed E-state index contributed by atoms with van der Waals surface area (Å²) in [5.41, 5.74) is -0.271. The Morgan fingerprint density at radius 2 is 1.75 bits per heavy atom. The lowest BCUT2D eigenvalue weighted by molar-refractivity contribution is -0.137. The van der Waals surface area contributed by atoms with E-state index in [1.165, 1.54) is 12.1 Å². The molecule has 0 fully saturated rings. The number of alkyl halides is 3. The molecule has 0 amide bonds. The van der Waals surface area contributed by atoms with E-state index < -0.39 is 11.7 Å². The summed E-state index contributed by atoms with van der Waals surface area (Å²) in [4.78, 5) is 0. The van der Waals surface area contributed by atoms with Gasteiger partial charge in [-0.1, -0.05) is 17.3 Å². The van der Waals surface area contributed by atoms with Gasteiger partial charge in [0.05, 0.1) is 5.56 Å². The molecule has 1 N–H and O–H groups in total. The smallest absolute Gasteiger partial charge is 0.416 e. The van der Waals surface area contributed by atoms with Gasteiger partial charge in [-0.15, -0.1) is 0 Å². The van der Waals surface area contributed by atoms with Crippen LogP contribution in [-0.2, 0) is 6.18 Å². The molecule has 84 valence electrons. The Kier molecular flexibility index (Phi) is 2.34. The summed E-state index contributed by atoms with van der Waals surface area (Å²) >= 11 is 0. The minimum Gasteiger partial charge on any atom is -0.503 e. The third kappa shape index (κ3) is 1.86. The minimum absolute atomic E-state index is 0.119. The Morgan fingerprint density at radius 3 is 2.19 bits per heavy atom. The van der Waals surface area contributed by atoms with Gasteiger partial charge in [0.15, 0.2) is 17.7 Å². The largest absolute Gasteiger partial charge is 0.503 e. The first-order valence-corrected chi connectivity index (χ1v) is 4.29. The fourth-order valence-corrected chi connectivity index (χ4v) is 1.25. The van der Waals surface area contributed by atoms with E-state index in [4.69, 9.17) is 0 Å². The molecule has 0 saturated carbocycles. The van der Waals surface area contributed by atoms with Crippen molar-refractivity contribution < 1.29 is 22.8 Å². The van der Waals surface area contributed by atoms with Crippen LogP contribution >= 0.6 is 0 Å². The van der Waals surface area contributed by atoms with E-state index in [1.807, 2.05) is 0 Å². The summed E-state index contributed by atoms with van der Waals surface area (Å²) < 4.78 is 41.2. The number of hydrogen-bond acceptors (Lipinski definition) is 3. The first-order valence-electron chi connectivity index (χ1n) is 4.29. The van der Waals surface area contributed by atoms with Crippen molar-refractivity contribution in [3.8, 4) is 17.0 Å². The van der Waals surface area contributed by atoms with Gasteiger partial charge in [0.25, 0.3) is 0 Å². The average molecular weight is 229 g/mol. The van der Waals surface area contributed by atoms with Crippen molar-refractivity contribution in [3.63, 3.8) is 0 Å². The summed E-state index contributed by atoms with van der Waals surface area (Å²) in [5, 5.41) is 12.7. The molecular formula is C10H6F3NO2. The highest BCUT2D eigenvalue weighted by atomic mass is 19.4. The van der Waals surface area contributed by atoms with Crippen molar-refractivity contribution in [1.82, 2.24) is 5.16 Å². The second-order valence-electron chi connectivity index (χ2n) is 3.12. The van der Waals surface area contributed by atoms with Crippen molar-refractivity contribution in [1.29, 1.82) is 0 Å². The molecule has 0 aliphatic rings. The van der Waals surface area contributed by atoms with Crippen LogP contribution in [0.4, 0.5) is 13.2 Å². The van der Waals surface area contributed by atoms with Gasteiger partial charge >= 0.3 is 6.18 Å². The predicted octanol–water partition coefficient (Wildman–Crippen LogP) is 3.07. The summed E-state index contributed by atoms with van der Waals surface area (Å²) in [6, 6.07) is 4.29. The maximum Gasteiger partial charge on any atom is 0.416 e. The third-order valence-corrected chi connectivity index (χ3v) is 2.04. The number of aromatic hydroxyl groups is 1. The van der Waals surface area contributed by atoms with Gasteiger partial charge in [-0.25, -0.2) is 0 Å². The van der Waals surface area contributed by atoms with Crippen LogP contribution in [-0.4, -0.2) is 10.3 Å². The zero-order valence-corrected chi connectivity index (χ0v) is 7.82. The Bertz CT molecular complexity index is 488.